The molecule has 3 N–H and O–H groups in total. The Hall–Kier alpha value is -2.37. The summed E-state index contributed by atoms with van der Waals surface area (Å²) in [7, 11) is 0. The van der Waals surface area contributed by atoms with Crippen molar-refractivity contribution in [3.8, 4) is 0 Å². The summed E-state index contributed by atoms with van der Waals surface area (Å²) in [5, 5.41) is 2.72. The highest BCUT2D eigenvalue weighted by Gasteiger charge is 2.41. The maximum absolute atomic E-state index is 12.3. The first-order chi connectivity index (χ1) is 10.1. The second-order valence-corrected chi connectivity index (χ2v) is 5.58. The van der Waals surface area contributed by atoms with Crippen molar-refractivity contribution >= 4 is 23.4 Å². The number of nitrogens with zero attached hydrogens (tertiary/aromatic N) is 1. The predicted molar refractivity (Wildman–Crippen MR) is 76.4 cm³/mol. The number of amides is 3. The van der Waals surface area contributed by atoms with Gasteiger partial charge in [0.25, 0.3) is 5.91 Å². The molecule has 110 valence electrons. The van der Waals surface area contributed by atoms with E-state index in [0.29, 0.717) is 18.3 Å². The fourth-order valence-corrected chi connectivity index (χ4v) is 2.69. The Labute approximate surface area is 122 Å². The molecular weight excluding hydrogens is 270 g/mol. The molecule has 1 aliphatic carbocycles. The summed E-state index contributed by atoms with van der Waals surface area (Å²) in [6.07, 6.45) is 2.30. The molecule has 1 aromatic carbocycles. The molecule has 1 aliphatic heterocycles. The number of carbonyl (C=O) groups is 3. The fraction of sp³-hybridized carbons (Fsp3) is 0.400. The van der Waals surface area contributed by atoms with Crippen LogP contribution >= 0.6 is 0 Å². The van der Waals surface area contributed by atoms with E-state index in [1.165, 1.54) is 0 Å². The zero-order chi connectivity index (χ0) is 15.0. The molecule has 21 heavy (non-hydrogen) atoms. The topological polar surface area (TPSA) is 92.5 Å². The van der Waals surface area contributed by atoms with Crippen molar-refractivity contribution in [2.24, 2.45) is 11.7 Å². The molecule has 3 amide bonds. The maximum Gasteiger partial charge on any atom is 0.250 e. The lowest BCUT2D eigenvalue weighted by atomic mass is 10.1. The molecule has 0 radical (unpaired) electrons. The third-order valence-electron chi connectivity index (χ3n) is 3.97. The van der Waals surface area contributed by atoms with Gasteiger partial charge in [-0.1, -0.05) is 12.1 Å². The number of nitrogens with two attached hydrogens (primary N) is 1. The van der Waals surface area contributed by atoms with Gasteiger partial charge in [0.1, 0.15) is 0 Å². The van der Waals surface area contributed by atoms with E-state index in [0.717, 1.165) is 12.8 Å². The number of para-hydroxylation sites is 1. The van der Waals surface area contributed by atoms with Gasteiger partial charge >= 0.3 is 0 Å². The van der Waals surface area contributed by atoms with E-state index in [2.05, 4.69) is 5.32 Å². The number of primary amides is 1. The minimum absolute atomic E-state index is 0.0424. The van der Waals surface area contributed by atoms with E-state index in [-0.39, 0.29) is 29.7 Å². The van der Waals surface area contributed by atoms with Gasteiger partial charge in [-0.3, -0.25) is 14.4 Å². The number of carbonyl (C=O) groups excluding carboxylic acids is 3. The summed E-state index contributed by atoms with van der Waals surface area (Å²) in [6, 6.07) is 6.93. The van der Waals surface area contributed by atoms with E-state index in [9.17, 15) is 14.4 Å². The lowest BCUT2D eigenvalue weighted by molar-refractivity contribution is -0.128. The van der Waals surface area contributed by atoms with Crippen LogP contribution in [-0.4, -0.2) is 35.2 Å². The summed E-state index contributed by atoms with van der Waals surface area (Å²) in [5.41, 5.74) is 5.95. The summed E-state index contributed by atoms with van der Waals surface area (Å²) in [5.74, 6) is -1.15. The van der Waals surface area contributed by atoms with Crippen LogP contribution in [0.1, 0.15) is 29.6 Å². The summed E-state index contributed by atoms with van der Waals surface area (Å²) < 4.78 is 0. The van der Waals surface area contributed by atoms with Gasteiger partial charge in [-0.15, -0.1) is 0 Å². The molecule has 0 aromatic heterocycles. The number of hydrogen-bond acceptors (Lipinski definition) is 3. The monoisotopic (exact) mass is 287 g/mol. The second-order valence-electron chi connectivity index (χ2n) is 5.58. The van der Waals surface area contributed by atoms with Crippen molar-refractivity contribution in [2.45, 2.75) is 25.3 Å². The Kier molecular flexibility index (Phi) is 3.37. The van der Waals surface area contributed by atoms with Gasteiger partial charge in [0.2, 0.25) is 11.8 Å². The van der Waals surface area contributed by atoms with Crippen LogP contribution in [0.25, 0.3) is 0 Å². The number of benzene rings is 1. The van der Waals surface area contributed by atoms with Gasteiger partial charge in [0.15, 0.2) is 0 Å². The van der Waals surface area contributed by atoms with Crippen molar-refractivity contribution in [1.82, 2.24) is 4.90 Å². The molecule has 1 atom stereocenters. The molecule has 2 fully saturated rings. The van der Waals surface area contributed by atoms with Gasteiger partial charge in [0.05, 0.1) is 17.2 Å². The molecule has 0 bridgehead atoms. The normalized spacial score (nSPS) is 21.4. The molecule has 0 spiro atoms. The molecular formula is C15H17N3O3. The van der Waals surface area contributed by atoms with E-state index < -0.39 is 5.91 Å². The Bertz CT molecular complexity index is 610. The van der Waals surface area contributed by atoms with E-state index >= 15 is 0 Å². The second kappa shape index (κ2) is 5.20. The third-order valence-corrected chi connectivity index (χ3v) is 3.97. The van der Waals surface area contributed by atoms with Crippen LogP contribution in [0, 0.1) is 5.92 Å². The summed E-state index contributed by atoms with van der Waals surface area (Å²) in [6.45, 7) is 0.466. The lowest BCUT2D eigenvalue weighted by Gasteiger charge is -2.15. The molecule has 1 saturated heterocycles. The number of rotatable bonds is 4. The van der Waals surface area contributed by atoms with Crippen LogP contribution in [0.3, 0.4) is 0 Å². The molecule has 1 heterocycles. The van der Waals surface area contributed by atoms with Crippen LogP contribution in [0.4, 0.5) is 5.69 Å². The van der Waals surface area contributed by atoms with Gasteiger partial charge < -0.3 is 16.0 Å². The van der Waals surface area contributed by atoms with Gasteiger partial charge in [-0.2, -0.15) is 0 Å². The van der Waals surface area contributed by atoms with Crippen molar-refractivity contribution in [1.29, 1.82) is 0 Å². The van der Waals surface area contributed by atoms with E-state index in [4.69, 9.17) is 5.73 Å². The summed E-state index contributed by atoms with van der Waals surface area (Å²) >= 11 is 0. The molecule has 3 rings (SSSR count). The Balaban J connectivity index is 1.70. The highest BCUT2D eigenvalue weighted by Crippen LogP contribution is 2.33. The van der Waals surface area contributed by atoms with Crippen LogP contribution in [-0.2, 0) is 9.59 Å². The van der Waals surface area contributed by atoms with Crippen molar-refractivity contribution in [3.63, 3.8) is 0 Å². The number of nitrogens with one attached hydrogen (secondary N) is 1. The first-order valence-electron chi connectivity index (χ1n) is 7.05. The highest BCUT2D eigenvalue weighted by molar-refractivity contribution is 6.04. The number of likely N-dealkylation sites (tertiary alicyclic amines) is 1. The first-order valence-corrected chi connectivity index (χ1v) is 7.05. The number of hydrogen-bond donors (Lipinski definition) is 2. The molecule has 1 aromatic rings. The smallest absolute Gasteiger partial charge is 0.250 e. The van der Waals surface area contributed by atoms with E-state index in [1.54, 1.807) is 29.2 Å². The largest absolute Gasteiger partial charge is 0.366 e. The van der Waals surface area contributed by atoms with Crippen LogP contribution in [0.5, 0.6) is 0 Å². The quantitative estimate of drug-likeness (QED) is 0.855. The van der Waals surface area contributed by atoms with Crippen molar-refractivity contribution in [2.75, 3.05) is 11.9 Å². The Morgan fingerprint density at radius 2 is 1.95 bits per heavy atom. The summed E-state index contributed by atoms with van der Waals surface area (Å²) in [4.78, 5) is 37.3. The average molecular weight is 287 g/mol. The van der Waals surface area contributed by atoms with Crippen LogP contribution in [0.15, 0.2) is 24.3 Å². The van der Waals surface area contributed by atoms with Gasteiger partial charge in [-0.05, 0) is 25.0 Å². The van der Waals surface area contributed by atoms with Crippen molar-refractivity contribution < 1.29 is 14.4 Å². The predicted octanol–water partition coefficient (Wildman–Crippen LogP) is 0.735. The first kappa shape index (κ1) is 13.6. The lowest BCUT2D eigenvalue weighted by Crippen LogP contribution is -2.30. The standard InChI is InChI=1S/C15H17N3O3/c16-14(20)11-3-1-2-4-12(11)17-15(21)9-7-13(19)18(8-9)10-5-6-10/h1-4,9-10H,5-8H2,(H2,16,20)(H,17,21). The minimum atomic E-state index is -0.590. The SMILES string of the molecule is NC(=O)c1ccccc1NC(=O)C1CC(=O)N(C2CC2)C1. The minimum Gasteiger partial charge on any atom is -0.366 e. The maximum atomic E-state index is 12.3. The highest BCUT2D eigenvalue weighted by atomic mass is 16.2. The molecule has 6 heteroatoms. The van der Waals surface area contributed by atoms with Gasteiger partial charge in [-0.25, -0.2) is 0 Å². The van der Waals surface area contributed by atoms with Gasteiger partial charge in [0, 0.05) is 19.0 Å². The Morgan fingerprint density at radius 1 is 1.24 bits per heavy atom. The third kappa shape index (κ3) is 2.74. The van der Waals surface area contributed by atoms with Crippen LogP contribution < -0.4 is 11.1 Å². The molecule has 2 aliphatic rings. The zero-order valence-corrected chi connectivity index (χ0v) is 11.5. The molecule has 6 nitrogen and oxygen atoms in total. The Morgan fingerprint density at radius 3 is 2.62 bits per heavy atom. The van der Waals surface area contributed by atoms with E-state index in [1.807, 2.05) is 0 Å². The fourth-order valence-electron chi connectivity index (χ4n) is 2.69. The van der Waals surface area contributed by atoms with Crippen LogP contribution in [0.2, 0.25) is 0 Å². The van der Waals surface area contributed by atoms with Crippen molar-refractivity contribution in [3.05, 3.63) is 29.8 Å². The zero-order valence-electron chi connectivity index (χ0n) is 11.5. The number of anilines is 1. The molecule has 1 saturated carbocycles. The average Bonchev–Trinajstić information content (AvgIpc) is 3.22. The molecule has 1 unspecified atom stereocenters.